The summed E-state index contributed by atoms with van der Waals surface area (Å²) < 4.78 is 37.5. The SMILES string of the molecule is CS(=O)(=O)N[C@H]1CCCN[C@H]1COC1CCC(c2ccc(=O)[nH]c2OCC=O)CC1. The molecule has 168 valence electrons. The molecule has 1 aliphatic heterocycles. The molecule has 30 heavy (non-hydrogen) atoms. The van der Waals surface area contributed by atoms with E-state index in [9.17, 15) is 18.0 Å². The molecule has 0 spiro atoms. The molecule has 0 amide bonds. The molecule has 2 heterocycles. The Bertz CT molecular complexity index is 864. The van der Waals surface area contributed by atoms with Crippen LogP contribution in [0.4, 0.5) is 0 Å². The van der Waals surface area contributed by atoms with Crippen molar-refractivity contribution in [2.75, 3.05) is 26.0 Å². The molecule has 1 saturated heterocycles. The van der Waals surface area contributed by atoms with Crippen LogP contribution in [-0.4, -0.2) is 63.9 Å². The molecule has 1 aliphatic carbocycles. The van der Waals surface area contributed by atoms with Crippen molar-refractivity contribution in [1.82, 2.24) is 15.0 Å². The standard InChI is InChI=1S/C20H31N3O6S/c1-30(26,27)23-17-3-2-10-21-18(17)13-29-15-6-4-14(5-7-15)16-8-9-19(25)22-20(16)28-12-11-24/h8-9,11,14-15,17-18,21,23H,2-7,10,12-13H2,1H3,(H,22,25)/t14?,15?,17-,18-/m0/s1. The Hall–Kier alpha value is -1.75. The zero-order chi connectivity index (χ0) is 21.6. The normalized spacial score (nSPS) is 27.5. The minimum Gasteiger partial charge on any atom is -0.471 e. The number of sulfonamides is 1. The summed E-state index contributed by atoms with van der Waals surface area (Å²) in [6.45, 7) is 1.23. The maximum absolute atomic E-state index is 11.6. The number of H-pyrrole nitrogens is 1. The molecule has 2 aliphatic rings. The van der Waals surface area contributed by atoms with E-state index in [0.29, 0.717) is 18.8 Å². The molecule has 0 radical (unpaired) electrons. The van der Waals surface area contributed by atoms with Crippen LogP contribution in [0.2, 0.25) is 0 Å². The van der Waals surface area contributed by atoms with Crippen molar-refractivity contribution >= 4 is 16.3 Å². The first kappa shape index (κ1) is 22.9. The number of aromatic amines is 1. The summed E-state index contributed by atoms with van der Waals surface area (Å²) in [6, 6.07) is 3.07. The third-order valence-electron chi connectivity index (χ3n) is 5.78. The van der Waals surface area contributed by atoms with Gasteiger partial charge in [0.15, 0.2) is 12.2 Å². The number of piperidine rings is 1. The average molecular weight is 442 g/mol. The van der Waals surface area contributed by atoms with Crippen molar-refractivity contribution in [2.45, 2.75) is 62.6 Å². The summed E-state index contributed by atoms with van der Waals surface area (Å²) in [5, 5.41) is 3.37. The Balaban J connectivity index is 1.52. The highest BCUT2D eigenvalue weighted by Crippen LogP contribution is 2.37. The Morgan fingerprint density at radius 1 is 1.20 bits per heavy atom. The number of nitrogens with one attached hydrogen (secondary N) is 3. The Morgan fingerprint density at radius 3 is 2.67 bits per heavy atom. The summed E-state index contributed by atoms with van der Waals surface area (Å²) >= 11 is 0. The van der Waals surface area contributed by atoms with E-state index in [4.69, 9.17) is 9.47 Å². The van der Waals surface area contributed by atoms with E-state index in [2.05, 4.69) is 15.0 Å². The van der Waals surface area contributed by atoms with Gasteiger partial charge in [-0.25, -0.2) is 13.1 Å². The first-order valence-corrected chi connectivity index (χ1v) is 12.4. The lowest BCUT2D eigenvalue weighted by Crippen LogP contribution is -2.55. The van der Waals surface area contributed by atoms with E-state index in [0.717, 1.165) is 50.6 Å². The van der Waals surface area contributed by atoms with E-state index >= 15 is 0 Å². The number of ether oxygens (including phenoxy) is 2. The molecule has 9 nitrogen and oxygen atoms in total. The van der Waals surface area contributed by atoms with Crippen molar-refractivity contribution in [3.8, 4) is 5.88 Å². The minimum absolute atomic E-state index is 0.0336. The number of pyridine rings is 1. The molecule has 1 saturated carbocycles. The monoisotopic (exact) mass is 441 g/mol. The molecule has 3 N–H and O–H groups in total. The first-order chi connectivity index (χ1) is 14.4. The summed E-state index contributed by atoms with van der Waals surface area (Å²) in [6.07, 6.45) is 7.20. The lowest BCUT2D eigenvalue weighted by molar-refractivity contribution is -0.109. The third kappa shape index (κ3) is 6.63. The second kappa shape index (κ2) is 10.5. The molecule has 1 aromatic rings. The predicted octanol–water partition coefficient (Wildman–Crippen LogP) is 0.665. The smallest absolute Gasteiger partial charge is 0.250 e. The molecule has 0 unspecified atom stereocenters. The van der Waals surface area contributed by atoms with Crippen LogP contribution in [0.1, 0.15) is 50.0 Å². The highest BCUT2D eigenvalue weighted by Gasteiger charge is 2.30. The van der Waals surface area contributed by atoms with E-state index in [1.54, 1.807) is 6.07 Å². The number of carbonyl (C=O) groups is 1. The number of rotatable bonds is 9. The molecule has 10 heteroatoms. The van der Waals surface area contributed by atoms with Gasteiger partial charge in [0.1, 0.15) is 6.61 Å². The number of aromatic nitrogens is 1. The van der Waals surface area contributed by atoms with Gasteiger partial charge in [-0.2, -0.15) is 0 Å². The fraction of sp³-hybridized carbons (Fsp3) is 0.700. The third-order valence-corrected chi connectivity index (χ3v) is 6.51. The fourth-order valence-electron chi connectivity index (χ4n) is 4.35. The lowest BCUT2D eigenvalue weighted by atomic mass is 9.83. The topological polar surface area (TPSA) is 127 Å². The molecule has 1 aromatic heterocycles. The van der Waals surface area contributed by atoms with E-state index in [1.165, 1.54) is 12.3 Å². The Morgan fingerprint density at radius 2 is 1.97 bits per heavy atom. The van der Waals surface area contributed by atoms with Crippen LogP contribution in [0.5, 0.6) is 5.88 Å². The van der Waals surface area contributed by atoms with Crippen LogP contribution in [0.15, 0.2) is 16.9 Å². The fourth-order valence-corrected chi connectivity index (χ4v) is 5.18. The second-order valence-electron chi connectivity index (χ2n) is 8.09. The lowest BCUT2D eigenvalue weighted by Gasteiger charge is -2.35. The highest BCUT2D eigenvalue weighted by molar-refractivity contribution is 7.88. The number of aldehydes is 1. The van der Waals surface area contributed by atoms with Crippen molar-refractivity contribution in [2.24, 2.45) is 0 Å². The summed E-state index contributed by atoms with van der Waals surface area (Å²) in [5.41, 5.74) is 0.662. The van der Waals surface area contributed by atoms with Gasteiger partial charge >= 0.3 is 0 Å². The van der Waals surface area contributed by atoms with Gasteiger partial charge in [-0.05, 0) is 57.1 Å². The van der Waals surface area contributed by atoms with Gasteiger partial charge in [-0.15, -0.1) is 0 Å². The molecule has 3 rings (SSSR count). The van der Waals surface area contributed by atoms with E-state index < -0.39 is 10.0 Å². The molecule has 0 aromatic carbocycles. The van der Waals surface area contributed by atoms with Crippen molar-refractivity contribution in [1.29, 1.82) is 0 Å². The Kier molecular flexibility index (Phi) is 8.04. The number of hydrogen-bond donors (Lipinski definition) is 3. The van der Waals surface area contributed by atoms with Crippen LogP contribution in [0.25, 0.3) is 0 Å². The summed E-state index contributed by atoms with van der Waals surface area (Å²) in [4.78, 5) is 24.9. The van der Waals surface area contributed by atoms with Crippen LogP contribution >= 0.6 is 0 Å². The zero-order valence-corrected chi connectivity index (χ0v) is 18.1. The first-order valence-electron chi connectivity index (χ1n) is 10.5. The average Bonchev–Trinajstić information content (AvgIpc) is 2.71. The van der Waals surface area contributed by atoms with E-state index in [-0.39, 0.29) is 36.3 Å². The number of carbonyl (C=O) groups excluding carboxylic acids is 1. The molecular formula is C20H31N3O6S. The number of hydrogen-bond acceptors (Lipinski definition) is 7. The second-order valence-corrected chi connectivity index (χ2v) is 9.87. The predicted molar refractivity (Wildman–Crippen MR) is 112 cm³/mol. The maximum atomic E-state index is 11.6. The van der Waals surface area contributed by atoms with Crippen molar-refractivity contribution in [3.63, 3.8) is 0 Å². The van der Waals surface area contributed by atoms with Gasteiger partial charge in [0.25, 0.3) is 5.56 Å². The van der Waals surface area contributed by atoms with Crippen LogP contribution in [-0.2, 0) is 19.6 Å². The molecule has 2 atom stereocenters. The molecular weight excluding hydrogens is 410 g/mol. The molecule has 2 fully saturated rings. The van der Waals surface area contributed by atoms with Gasteiger partial charge in [0, 0.05) is 23.7 Å². The Labute approximate surface area is 177 Å². The van der Waals surface area contributed by atoms with Gasteiger partial charge in [-0.1, -0.05) is 0 Å². The van der Waals surface area contributed by atoms with Gasteiger partial charge < -0.3 is 14.8 Å². The van der Waals surface area contributed by atoms with Crippen LogP contribution < -0.4 is 20.3 Å². The van der Waals surface area contributed by atoms with Crippen molar-refractivity contribution in [3.05, 3.63) is 28.0 Å². The van der Waals surface area contributed by atoms with E-state index in [1.807, 2.05) is 0 Å². The summed E-state index contributed by atoms with van der Waals surface area (Å²) in [5.74, 6) is 0.607. The largest absolute Gasteiger partial charge is 0.471 e. The zero-order valence-electron chi connectivity index (χ0n) is 17.3. The van der Waals surface area contributed by atoms with Crippen molar-refractivity contribution < 1.29 is 22.7 Å². The van der Waals surface area contributed by atoms with Crippen LogP contribution in [0.3, 0.4) is 0 Å². The maximum Gasteiger partial charge on any atom is 0.250 e. The molecule has 0 bridgehead atoms. The quantitative estimate of drug-likeness (QED) is 0.481. The van der Waals surface area contributed by atoms with Gasteiger partial charge in [-0.3, -0.25) is 14.6 Å². The van der Waals surface area contributed by atoms with Gasteiger partial charge in [0.2, 0.25) is 10.0 Å². The minimum atomic E-state index is -3.26. The van der Waals surface area contributed by atoms with Crippen LogP contribution in [0, 0.1) is 0 Å². The highest BCUT2D eigenvalue weighted by atomic mass is 32.2. The summed E-state index contributed by atoms with van der Waals surface area (Å²) in [7, 11) is -3.26. The van der Waals surface area contributed by atoms with Gasteiger partial charge in [0.05, 0.1) is 19.0 Å².